The Morgan fingerprint density at radius 1 is 1.23 bits per heavy atom. The summed E-state index contributed by atoms with van der Waals surface area (Å²) in [6.45, 7) is 3.82. The number of nitrogens with zero attached hydrogens (tertiary/aromatic N) is 2. The molecule has 6 heteroatoms. The summed E-state index contributed by atoms with van der Waals surface area (Å²) in [4.78, 5) is 14.3. The van der Waals surface area contributed by atoms with Gasteiger partial charge in [-0.3, -0.25) is 4.79 Å². The normalized spacial score (nSPS) is 25.5. The Kier molecular flexibility index (Phi) is 3.99. The molecule has 2 heterocycles. The fraction of sp³-hybridized carbons (Fsp3) is 0.562. The summed E-state index contributed by atoms with van der Waals surface area (Å²) in [5.41, 5.74) is 2.18. The van der Waals surface area contributed by atoms with E-state index >= 15 is 0 Å². The summed E-state index contributed by atoms with van der Waals surface area (Å²) in [5.74, 6) is 0.378. The average Bonchev–Trinajstić information content (AvgIpc) is 2.99. The molecule has 2 saturated heterocycles. The highest BCUT2D eigenvalue weighted by Gasteiger charge is 2.45. The molecule has 1 amide bonds. The zero-order valence-corrected chi connectivity index (χ0v) is 13.8. The molecule has 0 saturated carbocycles. The minimum absolute atomic E-state index is 0.0306. The van der Waals surface area contributed by atoms with Crippen LogP contribution < -0.4 is 0 Å². The second-order valence-corrected chi connectivity index (χ2v) is 8.39. The van der Waals surface area contributed by atoms with E-state index in [9.17, 15) is 13.2 Å². The summed E-state index contributed by atoms with van der Waals surface area (Å²) in [6, 6.07) is 7.94. The number of aryl methyl sites for hydroxylation is 1. The number of benzene rings is 1. The lowest BCUT2D eigenvalue weighted by molar-refractivity contribution is -0.129. The van der Waals surface area contributed by atoms with Crippen LogP contribution in [-0.4, -0.2) is 55.5 Å². The van der Waals surface area contributed by atoms with Crippen LogP contribution in [0, 0.1) is 12.8 Å². The Hall–Kier alpha value is -1.40. The fourth-order valence-electron chi connectivity index (χ4n) is 3.53. The minimum atomic E-state index is -3.17. The third-order valence-electron chi connectivity index (χ3n) is 4.75. The van der Waals surface area contributed by atoms with Crippen molar-refractivity contribution in [2.75, 3.05) is 25.9 Å². The maximum Gasteiger partial charge on any atom is 0.227 e. The second-order valence-electron chi connectivity index (χ2n) is 6.45. The van der Waals surface area contributed by atoms with Gasteiger partial charge in [0.2, 0.25) is 15.9 Å². The predicted octanol–water partition coefficient (Wildman–Crippen LogP) is 1.03. The SMILES string of the molecule is Cc1ccc(CC(=O)N2C[C@H]3CCN(S(C)(=O)=O)[C@H]3C2)cc1. The highest BCUT2D eigenvalue weighted by atomic mass is 32.2. The maximum atomic E-state index is 12.4. The van der Waals surface area contributed by atoms with Crippen molar-refractivity contribution in [1.82, 2.24) is 9.21 Å². The number of hydrogen-bond acceptors (Lipinski definition) is 3. The topological polar surface area (TPSA) is 57.7 Å². The molecule has 0 spiro atoms. The van der Waals surface area contributed by atoms with Gasteiger partial charge in [0.15, 0.2) is 0 Å². The summed E-state index contributed by atoms with van der Waals surface area (Å²) < 4.78 is 25.2. The van der Waals surface area contributed by atoms with Crippen LogP contribution in [0.3, 0.4) is 0 Å². The standard InChI is InChI=1S/C16H22N2O3S/c1-12-3-5-13(6-4-12)9-16(19)17-10-14-7-8-18(15(14)11-17)22(2,20)21/h3-6,14-15H,7-11H2,1-2H3/t14-,15+/m1/s1. The summed E-state index contributed by atoms with van der Waals surface area (Å²) in [7, 11) is -3.17. The molecule has 0 aliphatic carbocycles. The Bertz CT molecular complexity index is 669. The highest BCUT2D eigenvalue weighted by Crippen LogP contribution is 2.33. The van der Waals surface area contributed by atoms with Crippen LogP contribution in [-0.2, 0) is 21.2 Å². The molecule has 22 heavy (non-hydrogen) atoms. The number of sulfonamides is 1. The molecule has 1 aromatic rings. The molecule has 0 aromatic heterocycles. The lowest BCUT2D eigenvalue weighted by Gasteiger charge is -2.22. The van der Waals surface area contributed by atoms with E-state index in [0.717, 1.165) is 12.0 Å². The average molecular weight is 322 g/mol. The van der Waals surface area contributed by atoms with Crippen LogP contribution in [0.1, 0.15) is 17.5 Å². The molecule has 0 N–H and O–H groups in total. The molecular formula is C16H22N2O3S. The van der Waals surface area contributed by atoms with Crippen LogP contribution in [0.2, 0.25) is 0 Å². The second kappa shape index (κ2) is 5.66. The molecule has 2 fully saturated rings. The van der Waals surface area contributed by atoms with E-state index in [2.05, 4.69) is 0 Å². The van der Waals surface area contributed by atoms with Crippen LogP contribution >= 0.6 is 0 Å². The summed E-state index contributed by atoms with van der Waals surface area (Å²) in [6.07, 6.45) is 2.50. The third-order valence-corrected chi connectivity index (χ3v) is 6.06. The van der Waals surface area contributed by atoms with Gasteiger partial charge in [0.05, 0.1) is 12.7 Å². The van der Waals surface area contributed by atoms with Crippen molar-refractivity contribution in [2.24, 2.45) is 5.92 Å². The first kappa shape index (κ1) is 15.5. The van der Waals surface area contributed by atoms with E-state index in [1.165, 1.54) is 11.8 Å². The van der Waals surface area contributed by atoms with Gasteiger partial charge in [-0.1, -0.05) is 29.8 Å². The first-order valence-electron chi connectivity index (χ1n) is 7.65. The van der Waals surface area contributed by atoms with Gasteiger partial charge >= 0.3 is 0 Å². The molecule has 5 nitrogen and oxygen atoms in total. The van der Waals surface area contributed by atoms with Gasteiger partial charge in [-0.25, -0.2) is 8.42 Å². The molecular weight excluding hydrogens is 300 g/mol. The number of rotatable bonds is 3. The number of fused-ring (bicyclic) bond motifs is 1. The van der Waals surface area contributed by atoms with E-state index in [-0.39, 0.29) is 17.9 Å². The Morgan fingerprint density at radius 3 is 2.55 bits per heavy atom. The predicted molar refractivity (Wildman–Crippen MR) is 84.9 cm³/mol. The summed E-state index contributed by atoms with van der Waals surface area (Å²) >= 11 is 0. The first-order chi connectivity index (χ1) is 10.3. The molecule has 1 aromatic carbocycles. The number of carbonyl (C=O) groups excluding carboxylic acids is 1. The van der Waals surface area contributed by atoms with Crippen LogP contribution in [0.4, 0.5) is 0 Å². The van der Waals surface area contributed by atoms with Crippen LogP contribution in [0.5, 0.6) is 0 Å². The van der Waals surface area contributed by atoms with E-state index in [0.29, 0.717) is 26.1 Å². The lowest BCUT2D eigenvalue weighted by Crippen LogP contribution is -2.40. The molecule has 0 bridgehead atoms. The quantitative estimate of drug-likeness (QED) is 0.835. The van der Waals surface area contributed by atoms with Crippen molar-refractivity contribution in [3.05, 3.63) is 35.4 Å². The summed E-state index contributed by atoms with van der Waals surface area (Å²) in [5, 5.41) is 0. The van der Waals surface area contributed by atoms with Gasteiger partial charge in [0.25, 0.3) is 0 Å². The molecule has 0 unspecified atom stereocenters. The Morgan fingerprint density at radius 2 is 1.91 bits per heavy atom. The van der Waals surface area contributed by atoms with Gasteiger partial charge < -0.3 is 4.90 Å². The number of amides is 1. The van der Waals surface area contributed by atoms with Crippen molar-refractivity contribution in [3.63, 3.8) is 0 Å². The minimum Gasteiger partial charge on any atom is -0.340 e. The van der Waals surface area contributed by atoms with Crippen molar-refractivity contribution in [1.29, 1.82) is 0 Å². The van der Waals surface area contributed by atoms with Gasteiger partial charge in [-0.05, 0) is 24.8 Å². The van der Waals surface area contributed by atoms with Crippen molar-refractivity contribution < 1.29 is 13.2 Å². The van der Waals surface area contributed by atoms with Crippen molar-refractivity contribution in [2.45, 2.75) is 25.8 Å². The van der Waals surface area contributed by atoms with E-state index in [1.54, 1.807) is 4.31 Å². The van der Waals surface area contributed by atoms with Crippen molar-refractivity contribution >= 4 is 15.9 Å². The Balaban J connectivity index is 1.65. The first-order valence-corrected chi connectivity index (χ1v) is 9.49. The monoisotopic (exact) mass is 322 g/mol. The molecule has 3 rings (SSSR count). The molecule has 2 aliphatic rings. The van der Waals surface area contributed by atoms with E-state index < -0.39 is 10.0 Å². The van der Waals surface area contributed by atoms with Gasteiger partial charge in [0, 0.05) is 25.7 Å². The molecule has 0 radical (unpaired) electrons. The largest absolute Gasteiger partial charge is 0.340 e. The van der Waals surface area contributed by atoms with Gasteiger partial charge in [-0.15, -0.1) is 0 Å². The van der Waals surface area contributed by atoms with Gasteiger partial charge in [0.1, 0.15) is 0 Å². The van der Waals surface area contributed by atoms with E-state index in [1.807, 2.05) is 36.1 Å². The number of carbonyl (C=O) groups is 1. The van der Waals surface area contributed by atoms with Crippen LogP contribution in [0.15, 0.2) is 24.3 Å². The smallest absolute Gasteiger partial charge is 0.227 e. The molecule has 2 aliphatic heterocycles. The molecule has 120 valence electrons. The third kappa shape index (κ3) is 3.03. The lowest BCUT2D eigenvalue weighted by atomic mass is 10.1. The zero-order valence-electron chi connectivity index (χ0n) is 13.0. The van der Waals surface area contributed by atoms with E-state index in [4.69, 9.17) is 0 Å². The fourth-order valence-corrected chi connectivity index (χ4v) is 4.70. The highest BCUT2D eigenvalue weighted by molar-refractivity contribution is 7.88. The van der Waals surface area contributed by atoms with Crippen molar-refractivity contribution in [3.8, 4) is 0 Å². The molecule has 2 atom stereocenters. The number of hydrogen-bond donors (Lipinski definition) is 0. The Labute approximate surface area is 132 Å². The zero-order chi connectivity index (χ0) is 15.9. The number of likely N-dealkylation sites (tertiary alicyclic amines) is 1. The van der Waals surface area contributed by atoms with Crippen LogP contribution in [0.25, 0.3) is 0 Å². The maximum absolute atomic E-state index is 12.4. The van der Waals surface area contributed by atoms with Gasteiger partial charge in [-0.2, -0.15) is 4.31 Å².